The maximum absolute atomic E-state index is 12.9. The molecule has 0 aliphatic carbocycles. The van der Waals surface area contributed by atoms with Gasteiger partial charge in [0.2, 0.25) is 11.9 Å². The fourth-order valence-corrected chi connectivity index (χ4v) is 4.06. The topological polar surface area (TPSA) is 81.1 Å². The fourth-order valence-electron chi connectivity index (χ4n) is 2.77. The zero-order valence-corrected chi connectivity index (χ0v) is 18.5. The van der Waals surface area contributed by atoms with Gasteiger partial charge in [0, 0.05) is 15.8 Å². The van der Waals surface area contributed by atoms with Crippen molar-refractivity contribution in [2.24, 2.45) is 0 Å². The average molecular weight is 452 g/mol. The van der Waals surface area contributed by atoms with Gasteiger partial charge in [0.15, 0.2) is 0 Å². The highest BCUT2D eigenvalue weighted by molar-refractivity contribution is 7.10. The lowest BCUT2D eigenvalue weighted by atomic mass is 10.2. The molecule has 3 heterocycles. The molecule has 0 bridgehead atoms. The molecule has 0 aliphatic heterocycles. The summed E-state index contributed by atoms with van der Waals surface area (Å²) in [6, 6.07) is 15.5. The second-order valence-electron chi connectivity index (χ2n) is 6.48. The first-order valence-corrected chi connectivity index (χ1v) is 11.3. The third kappa shape index (κ3) is 5.59. The second-order valence-corrected chi connectivity index (χ2v) is 8.55. The van der Waals surface area contributed by atoms with Crippen molar-refractivity contribution in [1.29, 1.82) is 0 Å². The lowest BCUT2D eigenvalue weighted by molar-refractivity contribution is 0.0957. The number of anilines is 2. The van der Waals surface area contributed by atoms with Crippen molar-refractivity contribution < 1.29 is 9.53 Å². The normalized spacial score (nSPS) is 11.0. The second kappa shape index (κ2) is 10.1. The van der Waals surface area contributed by atoms with E-state index in [1.165, 1.54) is 10.8 Å². The van der Waals surface area contributed by atoms with Crippen LogP contribution in [0.4, 0.5) is 11.9 Å². The molecule has 0 fully saturated rings. The zero-order valence-electron chi connectivity index (χ0n) is 16.8. The Labute approximate surface area is 188 Å². The van der Waals surface area contributed by atoms with Crippen molar-refractivity contribution >= 4 is 46.6 Å². The lowest BCUT2D eigenvalue weighted by Gasteiger charge is -2.04. The van der Waals surface area contributed by atoms with E-state index in [1.54, 1.807) is 35.9 Å². The highest BCUT2D eigenvalue weighted by atomic mass is 32.1. The summed E-state index contributed by atoms with van der Waals surface area (Å²) in [6.07, 6.45) is 3.22. The van der Waals surface area contributed by atoms with Crippen LogP contribution in [-0.4, -0.2) is 27.8 Å². The van der Waals surface area contributed by atoms with Gasteiger partial charge < -0.3 is 15.4 Å². The van der Waals surface area contributed by atoms with Gasteiger partial charge in [-0.1, -0.05) is 24.3 Å². The van der Waals surface area contributed by atoms with Gasteiger partial charge in [0.1, 0.15) is 5.75 Å². The molecule has 1 aromatic carbocycles. The Morgan fingerprint density at radius 2 is 1.71 bits per heavy atom. The molecule has 0 aliphatic rings. The van der Waals surface area contributed by atoms with Crippen molar-refractivity contribution in [2.45, 2.75) is 13.1 Å². The number of nitrogens with one attached hydrogen (secondary N) is 2. The van der Waals surface area contributed by atoms with Gasteiger partial charge in [-0.3, -0.25) is 4.79 Å². The predicted molar refractivity (Wildman–Crippen MR) is 126 cm³/mol. The number of aromatic nitrogens is 3. The standard InChI is InChI=1S/C22H21N5O2S2/c1-29-17-9-6-16(7-10-17)8-11-20(28)27-22(24-15-19-5-3-13-31-19)25-21(26-27)23-14-18-4-2-12-30-18/h2-13H,14-15H2,1H3,(H2,23,24,25,26). The largest absolute Gasteiger partial charge is 0.497 e. The van der Waals surface area contributed by atoms with Crippen LogP contribution in [0.5, 0.6) is 5.75 Å². The lowest BCUT2D eigenvalue weighted by Crippen LogP contribution is -2.14. The first-order chi connectivity index (χ1) is 15.2. The van der Waals surface area contributed by atoms with E-state index in [0.29, 0.717) is 25.0 Å². The summed E-state index contributed by atoms with van der Waals surface area (Å²) >= 11 is 3.29. The molecule has 0 spiro atoms. The Bertz CT molecular complexity index is 1130. The number of allylic oxidation sites excluding steroid dienone is 1. The summed E-state index contributed by atoms with van der Waals surface area (Å²) in [7, 11) is 1.62. The molecule has 3 aromatic heterocycles. The molecule has 31 heavy (non-hydrogen) atoms. The highest BCUT2D eigenvalue weighted by Gasteiger charge is 2.14. The van der Waals surface area contributed by atoms with Crippen LogP contribution in [0.15, 0.2) is 65.4 Å². The monoisotopic (exact) mass is 451 g/mol. The Hall–Kier alpha value is -3.43. The summed E-state index contributed by atoms with van der Waals surface area (Å²) in [5.41, 5.74) is 0.887. The number of nitrogens with zero attached hydrogens (tertiary/aromatic N) is 3. The molecular weight excluding hydrogens is 430 g/mol. The number of ether oxygens (including phenoxy) is 1. The maximum atomic E-state index is 12.9. The molecule has 4 rings (SSSR count). The van der Waals surface area contributed by atoms with E-state index in [1.807, 2.05) is 59.3 Å². The summed E-state index contributed by atoms with van der Waals surface area (Å²) in [5, 5.41) is 14.8. The molecule has 2 N–H and O–H groups in total. The summed E-state index contributed by atoms with van der Waals surface area (Å²) in [5.74, 6) is 1.27. The van der Waals surface area contributed by atoms with Gasteiger partial charge in [-0.05, 0) is 46.7 Å². The summed E-state index contributed by atoms with van der Waals surface area (Å²) in [6.45, 7) is 1.16. The molecule has 4 aromatic rings. The van der Waals surface area contributed by atoms with E-state index in [0.717, 1.165) is 21.1 Å². The van der Waals surface area contributed by atoms with Crippen molar-refractivity contribution in [2.75, 3.05) is 17.7 Å². The van der Waals surface area contributed by atoms with E-state index in [-0.39, 0.29) is 5.91 Å². The molecule has 0 radical (unpaired) electrons. The molecule has 0 saturated carbocycles. The minimum absolute atomic E-state index is 0.291. The molecule has 0 saturated heterocycles. The third-order valence-electron chi connectivity index (χ3n) is 4.35. The Kier molecular flexibility index (Phi) is 6.75. The van der Waals surface area contributed by atoms with E-state index < -0.39 is 0 Å². The molecule has 0 unspecified atom stereocenters. The number of carbonyl (C=O) groups is 1. The van der Waals surface area contributed by atoms with Crippen LogP contribution >= 0.6 is 22.7 Å². The number of carbonyl (C=O) groups excluding carboxylic acids is 1. The number of methoxy groups -OCH3 is 1. The average Bonchev–Trinajstić information content (AvgIpc) is 3.57. The first-order valence-electron chi connectivity index (χ1n) is 9.57. The van der Waals surface area contributed by atoms with Gasteiger partial charge in [-0.25, -0.2) is 0 Å². The van der Waals surface area contributed by atoms with E-state index in [9.17, 15) is 4.79 Å². The van der Waals surface area contributed by atoms with Crippen molar-refractivity contribution in [3.8, 4) is 5.75 Å². The Balaban J connectivity index is 1.50. The SMILES string of the molecule is COc1ccc(C=CC(=O)n2nc(NCc3cccs3)nc2NCc2cccs2)cc1. The number of hydrogen-bond acceptors (Lipinski definition) is 8. The Morgan fingerprint density at radius 3 is 2.32 bits per heavy atom. The van der Waals surface area contributed by atoms with Crippen LogP contribution in [0.2, 0.25) is 0 Å². The maximum Gasteiger partial charge on any atom is 0.274 e. The van der Waals surface area contributed by atoms with Crippen LogP contribution in [0.25, 0.3) is 6.08 Å². The first kappa shape index (κ1) is 20.8. The van der Waals surface area contributed by atoms with Crippen molar-refractivity contribution in [3.05, 3.63) is 80.7 Å². The molecule has 7 nitrogen and oxygen atoms in total. The van der Waals surface area contributed by atoms with Gasteiger partial charge >= 0.3 is 0 Å². The number of thiophene rings is 2. The number of hydrogen-bond donors (Lipinski definition) is 2. The van der Waals surface area contributed by atoms with Crippen LogP contribution in [0, 0.1) is 0 Å². The highest BCUT2D eigenvalue weighted by Crippen LogP contribution is 2.17. The number of rotatable bonds is 9. The number of benzene rings is 1. The van der Waals surface area contributed by atoms with Gasteiger partial charge in [-0.2, -0.15) is 9.67 Å². The van der Waals surface area contributed by atoms with Gasteiger partial charge in [0.05, 0.1) is 20.2 Å². The minimum atomic E-state index is -0.291. The molecule has 158 valence electrons. The minimum Gasteiger partial charge on any atom is -0.497 e. The zero-order chi connectivity index (χ0) is 21.5. The van der Waals surface area contributed by atoms with E-state index in [4.69, 9.17) is 4.74 Å². The van der Waals surface area contributed by atoms with Crippen LogP contribution in [0.3, 0.4) is 0 Å². The van der Waals surface area contributed by atoms with Gasteiger partial charge in [-0.15, -0.1) is 27.8 Å². The van der Waals surface area contributed by atoms with Crippen molar-refractivity contribution in [1.82, 2.24) is 14.8 Å². The summed E-state index contributed by atoms with van der Waals surface area (Å²) < 4.78 is 6.44. The van der Waals surface area contributed by atoms with Crippen molar-refractivity contribution in [3.63, 3.8) is 0 Å². The smallest absolute Gasteiger partial charge is 0.274 e. The molecular formula is C22H21N5O2S2. The predicted octanol–water partition coefficient (Wildman–Crippen LogP) is 4.99. The van der Waals surface area contributed by atoms with Crippen LogP contribution in [0.1, 0.15) is 20.1 Å². The Morgan fingerprint density at radius 1 is 1.03 bits per heavy atom. The van der Waals surface area contributed by atoms with E-state index in [2.05, 4.69) is 20.7 Å². The van der Waals surface area contributed by atoms with E-state index >= 15 is 0 Å². The van der Waals surface area contributed by atoms with Gasteiger partial charge in [0.25, 0.3) is 5.91 Å². The molecule has 0 amide bonds. The molecule has 9 heteroatoms. The molecule has 0 atom stereocenters. The van der Waals surface area contributed by atoms with Crippen LogP contribution < -0.4 is 15.4 Å². The third-order valence-corrected chi connectivity index (χ3v) is 6.10. The summed E-state index contributed by atoms with van der Waals surface area (Å²) in [4.78, 5) is 19.6. The van der Waals surface area contributed by atoms with Crippen LogP contribution in [-0.2, 0) is 13.1 Å². The quantitative estimate of drug-likeness (QED) is 0.349. The fraction of sp³-hybridized carbons (Fsp3) is 0.136.